The molecule has 98 valence electrons. The number of ether oxygens (including phenoxy) is 4. The summed E-state index contributed by atoms with van der Waals surface area (Å²) >= 11 is 0. The summed E-state index contributed by atoms with van der Waals surface area (Å²) in [6, 6.07) is 9.84. The number of carbonyl (C=O) groups is 1. The van der Waals surface area contributed by atoms with Gasteiger partial charge < -0.3 is 18.9 Å². The molecule has 0 unspecified atom stereocenters. The Kier molecular flexibility index (Phi) is 4.69. The van der Waals surface area contributed by atoms with Crippen molar-refractivity contribution in [3.63, 3.8) is 0 Å². The van der Waals surface area contributed by atoms with Gasteiger partial charge in [0.2, 0.25) is 6.29 Å². The minimum atomic E-state index is -0.618. The van der Waals surface area contributed by atoms with Gasteiger partial charge >= 0.3 is 5.97 Å². The van der Waals surface area contributed by atoms with Crippen molar-refractivity contribution >= 4 is 5.97 Å². The van der Waals surface area contributed by atoms with E-state index in [9.17, 15) is 4.79 Å². The summed E-state index contributed by atoms with van der Waals surface area (Å²) in [7, 11) is 0. The molecule has 5 nitrogen and oxygen atoms in total. The van der Waals surface area contributed by atoms with Gasteiger partial charge in [-0.05, 0) is 5.56 Å². The number of hydrogen-bond acceptors (Lipinski definition) is 5. The van der Waals surface area contributed by atoms with Gasteiger partial charge in [0.05, 0.1) is 13.2 Å². The molecule has 0 radical (unpaired) electrons. The van der Waals surface area contributed by atoms with Crippen LogP contribution in [0.25, 0.3) is 0 Å². The lowest BCUT2D eigenvalue weighted by Gasteiger charge is -2.11. The molecule has 1 aliphatic heterocycles. The zero-order valence-electron chi connectivity index (χ0n) is 10.2. The topological polar surface area (TPSA) is 54.0 Å². The molecule has 0 N–H and O–H groups in total. The second kappa shape index (κ2) is 6.49. The van der Waals surface area contributed by atoms with Gasteiger partial charge in [-0.1, -0.05) is 30.3 Å². The Balaban J connectivity index is 1.65. The van der Waals surface area contributed by atoms with E-state index >= 15 is 0 Å². The maximum Gasteiger partial charge on any atom is 0.305 e. The predicted molar refractivity (Wildman–Crippen MR) is 62.5 cm³/mol. The SMILES string of the molecule is CC(=O)O[C@H]1CO[C@@H](COCc2ccccc2)O1. The quantitative estimate of drug-likeness (QED) is 0.743. The Morgan fingerprint density at radius 3 is 2.89 bits per heavy atom. The molecular weight excluding hydrogens is 236 g/mol. The van der Waals surface area contributed by atoms with E-state index < -0.39 is 12.6 Å². The van der Waals surface area contributed by atoms with E-state index in [2.05, 4.69) is 0 Å². The first kappa shape index (κ1) is 13.0. The van der Waals surface area contributed by atoms with E-state index in [0.29, 0.717) is 13.2 Å². The number of benzene rings is 1. The average molecular weight is 252 g/mol. The van der Waals surface area contributed by atoms with Crippen molar-refractivity contribution in [3.8, 4) is 0 Å². The molecule has 2 rings (SSSR count). The van der Waals surface area contributed by atoms with Crippen molar-refractivity contribution in [1.82, 2.24) is 0 Å². The second-order valence-corrected chi connectivity index (χ2v) is 3.94. The zero-order valence-corrected chi connectivity index (χ0v) is 10.2. The van der Waals surface area contributed by atoms with Crippen LogP contribution in [0.5, 0.6) is 0 Å². The van der Waals surface area contributed by atoms with Crippen molar-refractivity contribution in [2.45, 2.75) is 26.1 Å². The lowest BCUT2D eigenvalue weighted by Crippen LogP contribution is -2.21. The maximum absolute atomic E-state index is 10.7. The van der Waals surface area contributed by atoms with Crippen LogP contribution < -0.4 is 0 Å². The van der Waals surface area contributed by atoms with E-state index in [1.165, 1.54) is 6.92 Å². The Bertz CT molecular complexity index is 378. The van der Waals surface area contributed by atoms with Gasteiger partial charge in [0, 0.05) is 6.92 Å². The van der Waals surface area contributed by atoms with Crippen LogP contribution in [0.15, 0.2) is 30.3 Å². The molecule has 1 aromatic carbocycles. The van der Waals surface area contributed by atoms with Crippen LogP contribution in [0, 0.1) is 0 Å². The van der Waals surface area contributed by atoms with Crippen LogP contribution in [0.4, 0.5) is 0 Å². The van der Waals surface area contributed by atoms with Crippen LogP contribution in [-0.4, -0.2) is 31.8 Å². The van der Waals surface area contributed by atoms with Gasteiger partial charge in [-0.25, -0.2) is 0 Å². The maximum atomic E-state index is 10.7. The van der Waals surface area contributed by atoms with Crippen LogP contribution >= 0.6 is 0 Å². The molecule has 1 aliphatic rings. The number of esters is 1. The van der Waals surface area contributed by atoms with Crippen LogP contribution in [-0.2, 0) is 30.3 Å². The summed E-state index contributed by atoms with van der Waals surface area (Å²) in [4.78, 5) is 10.7. The second-order valence-electron chi connectivity index (χ2n) is 3.94. The third kappa shape index (κ3) is 4.10. The molecule has 0 spiro atoms. The fourth-order valence-electron chi connectivity index (χ4n) is 1.62. The molecule has 0 aromatic heterocycles. The standard InChI is InChI=1S/C13H16O5/c1-10(14)17-13-9-16-12(18-13)8-15-7-11-5-3-2-4-6-11/h2-6,12-13H,7-9H2,1H3/t12-,13-/m1/s1. The fraction of sp³-hybridized carbons (Fsp3) is 0.462. The average Bonchev–Trinajstić information content (AvgIpc) is 2.77. The third-order valence-electron chi connectivity index (χ3n) is 2.38. The van der Waals surface area contributed by atoms with Gasteiger partial charge in [0.15, 0.2) is 6.29 Å². The van der Waals surface area contributed by atoms with E-state index in [1.54, 1.807) is 0 Å². The minimum Gasteiger partial charge on any atom is -0.433 e. The molecule has 5 heteroatoms. The van der Waals surface area contributed by atoms with E-state index in [4.69, 9.17) is 18.9 Å². The number of carbonyl (C=O) groups excluding carboxylic acids is 1. The number of hydrogen-bond donors (Lipinski definition) is 0. The molecule has 2 atom stereocenters. The first-order valence-corrected chi connectivity index (χ1v) is 5.80. The Labute approximate surface area is 106 Å². The summed E-state index contributed by atoms with van der Waals surface area (Å²) in [5.41, 5.74) is 1.09. The van der Waals surface area contributed by atoms with E-state index in [0.717, 1.165) is 5.56 Å². The zero-order chi connectivity index (χ0) is 12.8. The van der Waals surface area contributed by atoms with Crippen molar-refractivity contribution in [1.29, 1.82) is 0 Å². The predicted octanol–water partition coefficient (Wildman–Crippen LogP) is 1.47. The van der Waals surface area contributed by atoms with Gasteiger partial charge in [-0.15, -0.1) is 0 Å². The van der Waals surface area contributed by atoms with Crippen molar-refractivity contribution in [2.75, 3.05) is 13.2 Å². The van der Waals surface area contributed by atoms with Crippen LogP contribution in [0.3, 0.4) is 0 Å². The Hall–Kier alpha value is -1.43. The normalized spacial score (nSPS) is 22.9. The molecule has 0 saturated carbocycles. The number of rotatable bonds is 5. The lowest BCUT2D eigenvalue weighted by atomic mass is 10.2. The summed E-state index contributed by atoms with van der Waals surface area (Å²) in [5.74, 6) is -0.380. The fourth-order valence-corrected chi connectivity index (χ4v) is 1.62. The first-order valence-electron chi connectivity index (χ1n) is 5.80. The molecular formula is C13H16O5. The van der Waals surface area contributed by atoms with Gasteiger partial charge in [0.25, 0.3) is 0 Å². The lowest BCUT2D eigenvalue weighted by molar-refractivity contribution is -0.180. The summed E-state index contributed by atoms with van der Waals surface area (Å²) in [6.07, 6.45) is -1.09. The summed E-state index contributed by atoms with van der Waals surface area (Å²) in [6.45, 7) is 2.40. The molecule has 0 aliphatic carbocycles. The van der Waals surface area contributed by atoms with E-state index in [-0.39, 0.29) is 12.6 Å². The minimum absolute atomic E-state index is 0.249. The van der Waals surface area contributed by atoms with Crippen LogP contribution in [0.1, 0.15) is 12.5 Å². The third-order valence-corrected chi connectivity index (χ3v) is 2.38. The van der Waals surface area contributed by atoms with Crippen molar-refractivity contribution in [3.05, 3.63) is 35.9 Å². The smallest absolute Gasteiger partial charge is 0.305 e. The van der Waals surface area contributed by atoms with Gasteiger partial charge in [0.1, 0.15) is 6.61 Å². The largest absolute Gasteiger partial charge is 0.433 e. The monoisotopic (exact) mass is 252 g/mol. The Morgan fingerprint density at radius 2 is 2.17 bits per heavy atom. The summed E-state index contributed by atoms with van der Waals surface area (Å²) in [5, 5.41) is 0. The highest BCUT2D eigenvalue weighted by molar-refractivity contribution is 5.66. The highest BCUT2D eigenvalue weighted by Crippen LogP contribution is 2.13. The highest BCUT2D eigenvalue weighted by Gasteiger charge is 2.28. The Morgan fingerprint density at radius 1 is 1.39 bits per heavy atom. The van der Waals surface area contributed by atoms with Crippen molar-refractivity contribution in [2.24, 2.45) is 0 Å². The van der Waals surface area contributed by atoms with E-state index in [1.807, 2.05) is 30.3 Å². The molecule has 18 heavy (non-hydrogen) atoms. The van der Waals surface area contributed by atoms with Gasteiger partial charge in [-0.2, -0.15) is 0 Å². The molecule has 0 amide bonds. The highest BCUT2D eigenvalue weighted by atomic mass is 16.8. The van der Waals surface area contributed by atoms with Crippen LogP contribution in [0.2, 0.25) is 0 Å². The first-order chi connectivity index (χ1) is 8.74. The molecule has 1 aromatic rings. The molecule has 1 fully saturated rings. The molecule has 0 bridgehead atoms. The summed E-state index contributed by atoms with van der Waals surface area (Å²) < 4.78 is 20.9. The molecule has 1 saturated heterocycles. The van der Waals surface area contributed by atoms with Gasteiger partial charge in [-0.3, -0.25) is 4.79 Å². The van der Waals surface area contributed by atoms with Crippen molar-refractivity contribution < 1.29 is 23.7 Å². The molecule has 1 heterocycles.